The van der Waals surface area contributed by atoms with Crippen LogP contribution in [0.15, 0.2) is 48.5 Å². The quantitative estimate of drug-likeness (QED) is 0.565. The molecule has 9 heteroatoms. The molecular formula is C26H30F2N4O3. The van der Waals surface area contributed by atoms with Crippen molar-refractivity contribution in [2.45, 2.75) is 18.3 Å². The van der Waals surface area contributed by atoms with Crippen molar-refractivity contribution in [3.05, 3.63) is 65.7 Å². The number of amides is 3. The van der Waals surface area contributed by atoms with Crippen LogP contribution in [-0.2, 0) is 19.8 Å². The molecule has 2 fully saturated rings. The Bertz CT molecular complexity index is 1100. The predicted molar refractivity (Wildman–Crippen MR) is 128 cm³/mol. The molecule has 0 radical (unpaired) electrons. The van der Waals surface area contributed by atoms with E-state index in [4.69, 9.17) is 0 Å². The lowest BCUT2D eigenvalue weighted by Gasteiger charge is -2.37. The molecule has 3 amide bonds. The number of hydrogen-bond acceptors (Lipinski definition) is 5. The highest BCUT2D eigenvalue weighted by molar-refractivity contribution is 6.10. The molecule has 0 spiro atoms. The van der Waals surface area contributed by atoms with E-state index >= 15 is 0 Å². The van der Waals surface area contributed by atoms with Crippen LogP contribution in [0.5, 0.6) is 0 Å². The number of rotatable bonds is 7. The van der Waals surface area contributed by atoms with Gasteiger partial charge in [0.25, 0.3) is 0 Å². The molecule has 0 saturated carbocycles. The molecule has 2 heterocycles. The van der Waals surface area contributed by atoms with E-state index in [1.807, 2.05) is 19.0 Å². The zero-order valence-electron chi connectivity index (χ0n) is 20.0. The highest BCUT2D eigenvalue weighted by atomic mass is 19.1. The van der Waals surface area contributed by atoms with Crippen LogP contribution in [-0.4, -0.2) is 85.8 Å². The molecule has 2 aliphatic rings. The zero-order valence-corrected chi connectivity index (χ0v) is 20.0. The Morgan fingerprint density at radius 3 is 2.26 bits per heavy atom. The van der Waals surface area contributed by atoms with Gasteiger partial charge in [0, 0.05) is 63.4 Å². The van der Waals surface area contributed by atoms with Gasteiger partial charge in [0.2, 0.25) is 17.7 Å². The van der Waals surface area contributed by atoms with Crippen LogP contribution >= 0.6 is 0 Å². The lowest BCUT2D eigenvalue weighted by molar-refractivity contribution is -0.143. The Kier molecular flexibility index (Phi) is 7.16. The van der Waals surface area contributed by atoms with Crippen LogP contribution in [0.25, 0.3) is 0 Å². The number of likely N-dealkylation sites (tertiary alicyclic amines) is 1. The second-order valence-electron chi connectivity index (χ2n) is 9.41. The number of imide groups is 1. The number of nitrogens with zero attached hydrogens (tertiary/aromatic N) is 4. The van der Waals surface area contributed by atoms with Crippen LogP contribution in [0.1, 0.15) is 18.4 Å². The SMILES string of the molecule is CN(C)CCN1C(=O)C[C@@](CC(=O)N2CCN(c3ccc(F)cc3)CC2)(c2ccccc2F)C1=O. The van der Waals surface area contributed by atoms with Gasteiger partial charge in [-0.2, -0.15) is 0 Å². The summed E-state index contributed by atoms with van der Waals surface area (Å²) < 4.78 is 28.2. The minimum Gasteiger partial charge on any atom is -0.368 e. The van der Waals surface area contributed by atoms with Crippen molar-refractivity contribution in [1.29, 1.82) is 0 Å². The minimum absolute atomic E-state index is 0.0870. The van der Waals surface area contributed by atoms with E-state index in [0.29, 0.717) is 32.7 Å². The van der Waals surface area contributed by atoms with E-state index in [9.17, 15) is 23.2 Å². The molecule has 2 aromatic rings. The topological polar surface area (TPSA) is 64.2 Å². The van der Waals surface area contributed by atoms with E-state index < -0.39 is 23.0 Å². The zero-order chi connectivity index (χ0) is 25.2. The van der Waals surface area contributed by atoms with Gasteiger partial charge in [0.05, 0.1) is 5.41 Å². The van der Waals surface area contributed by atoms with E-state index in [2.05, 4.69) is 4.90 Å². The molecule has 0 bridgehead atoms. The fourth-order valence-corrected chi connectivity index (χ4v) is 4.86. The van der Waals surface area contributed by atoms with E-state index in [1.165, 1.54) is 30.3 Å². The largest absolute Gasteiger partial charge is 0.368 e. The minimum atomic E-state index is -1.56. The molecule has 0 aromatic heterocycles. The Morgan fingerprint density at radius 2 is 1.63 bits per heavy atom. The third-order valence-electron chi connectivity index (χ3n) is 6.85. The maximum atomic E-state index is 14.9. The summed E-state index contributed by atoms with van der Waals surface area (Å²) in [7, 11) is 3.68. The third-order valence-corrected chi connectivity index (χ3v) is 6.85. The molecule has 186 valence electrons. The van der Waals surface area contributed by atoms with E-state index in [0.717, 1.165) is 10.6 Å². The predicted octanol–water partition coefficient (Wildman–Crippen LogP) is 2.26. The molecule has 0 N–H and O–H groups in total. The lowest BCUT2D eigenvalue weighted by atomic mass is 9.75. The fraction of sp³-hybridized carbons (Fsp3) is 0.423. The highest BCUT2D eigenvalue weighted by Crippen LogP contribution is 2.41. The maximum absolute atomic E-state index is 14.9. The highest BCUT2D eigenvalue weighted by Gasteiger charge is 2.55. The van der Waals surface area contributed by atoms with Crippen molar-refractivity contribution in [3.8, 4) is 0 Å². The summed E-state index contributed by atoms with van der Waals surface area (Å²) >= 11 is 0. The van der Waals surface area contributed by atoms with Gasteiger partial charge in [-0.15, -0.1) is 0 Å². The second-order valence-corrected chi connectivity index (χ2v) is 9.41. The smallest absolute Gasteiger partial charge is 0.241 e. The van der Waals surface area contributed by atoms with Crippen LogP contribution in [0.3, 0.4) is 0 Å². The number of likely N-dealkylation sites (N-methyl/N-ethyl adjacent to an activating group) is 1. The summed E-state index contributed by atoms with van der Waals surface area (Å²) in [5.41, 5.74) is -0.599. The average Bonchev–Trinajstić information content (AvgIpc) is 3.07. The van der Waals surface area contributed by atoms with Gasteiger partial charge in [0.15, 0.2) is 0 Å². The molecule has 35 heavy (non-hydrogen) atoms. The van der Waals surface area contributed by atoms with E-state index in [1.54, 1.807) is 23.1 Å². The third kappa shape index (κ3) is 5.05. The summed E-state index contributed by atoms with van der Waals surface area (Å²) in [5, 5.41) is 0. The molecule has 2 aliphatic heterocycles. The molecule has 0 unspecified atom stereocenters. The molecule has 1 atom stereocenters. The van der Waals surface area contributed by atoms with Gasteiger partial charge in [-0.05, 0) is 44.4 Å². The van der Waals surface area contributed by atoms with Crippen molar-refractivity contribution >= 4 is 23.4 Å². The number of carbonyl (C=O) groups is 3. The van der Waals surface area contributed by atoms with Crippen molar-refractivity contribution in [2.75, 3.05) is 58.3 Å². The summed E-state index contributed by atoms with van der Waals surface area (Å²) in [4.78, 5) is 46.6. The van der Waals surface area contributed by atoms with E-state index in [-0.39, 0.29) is 36.7 Å². The average molecular weight is 485 g/mol. The first kappa shape index (κ1) is 24.8. The Hall–Kier alpha value is -3.33. The van der Waals surface area contributed by atoms with Gasteiger partial charge in [0.1, 0.15) is 11.6 Å². The number of halogens is 2. The Morgan fingerprint density at radius 1 is 0.971 bits per heavy atom. The first-order valence-electron chi connectivity index (χ1n) is 11.7. The number of benzene rings is 2. The molecule has 4 rings (SSSR count). The number of carbonyl (C=O) groups excluding carboxylic acids is 3. The van der Waals surface area contributed by atoms with Gasteiger partial charge < -0.3 is 14.7 Å². The van der Waals surface area contributed by atoms with Crippen LogP contribution in [0.2, 0.25) is 0 Å². The maximum Gasteiger partial charge on any atom is 0.241 e. The van der Waals surface area contributed by atoms with Crippen LogP contribution in [0, 0.1) is 11.6 Å². The second kappa shape index (κ2) is 10.1. The van der Waals surface area contributed by atoms with Crippen molar-refractivity contribution in [2.24, 2.45) is 0 Å². The normalized spacial score (nSPS) is 20.8. The monoisotopic (exact) mass is 484 g/mol. The number of hydrogen-bond donors (Lipinski definition) is 0. The molecule has 2 saturated heterocycles. The summed E-state index contributed by atoms with van der Waals surface area (Å²) in [6.07, 6.45) is -0.505. The molecular weight excluding hydrogens is 454 g/mol. The first-order valence-corrected chi connectivity index (χ1v) is 11.7. The van der Waals surface area contributed by atoms with Crippen molar-refractivity contribution in [1.82, 2.24) is 14.7 Å². The lowest BCUT2D eigenvalue weighted by Crippen LogP contribution is -2.51. The Balaban J connectivity index is 1.53. The number of piperazine rings is 1. The molecule has 2 aromatic carbocycles. The van der Waals surface area contributed by atoms with Gasteiger partial charge in [-0.25, -0.2) is 8.78 Å². The van der Waals surface area contributed by atoms with Gasteiger partial charge in [-0.1, -0.05) is 18.2 Å². The van der Waals surface area contributed by atoms with Crippen LogP contribution < -0.4 is 4.90 Å². The first-order chi connectivity index (χ1) is 16.7. The molecule has 7 nitrogen and oxygen atoms in total. The summed E-state index contributed by atoms with van der Waals surface area (Å²) in [6.45, 7) is 2.58. The van der Waals surface area contributed by atoms with Crippen LogP contribution in [0.4, 0.5) is 14.5 Å². The number of anilines is 1. The van der Waals surface area contributed by atoms with Crippen molar-refractivity contribution < 1.29 is 23.2 Å². The summed E-state index contributed by atoms with van der Waals surface area (Å²) in [5.74, 6) is -2.11. The summed E-state index contributed by atoms with van der Waals surface area (Å²) in [6, 6.07) is 12.1. The molecule has 0 aliphatic carbocycles. The Labute approximate surface area is 203 Å². The van der Waals surface area contributed by atoms with Crippen molar-refractivity contribution in [3.63, 3.8) is 0 Å². The van der Waals surface area contributed by atoms with Gasteiger partial charge in [-0.3, -0.25) is 19.3 Å². The van der Waals surface area contributed by atoms with Gasteiger partial charge >= 0.3 is 0 Å². The fourth-order valence-electron chi connectivity index (χ4n) is 4.86. The standard InChI is InChI=1S/C26H30F2N4O3/c1-29(2)11-16-32-24(34)18-26(25(32)35,21-5-3-4-6-22(21)28)17-23(33)31-14-12-30(13-15-31)20-9-7-19(27)8-10-20/h3-10H,11-18H2,1-2H3/t26-/m0/s1.